The number of carbonyl (C=O) groups excluding carboxylic acids is 1. The number of aromatic nitrogens is 3. The van der Waals surface area contributed by atoms with E-state index in [1.54, 1.807) is 0 Å². The molecule has 2 aromatic carbocycles. The fraction of sp³-hybridized carbons (Fsp3) is 0.190. The summed E-state index contributed by atoms with van der Waals surface area (Å²) >= 11 is 0. The largest absolute Gasteiger partial charge is 0.339 e. The summed E-state index contributed by atoms with van der Waals surface area (Å²) < 4.78 is 2.02. The van der Waals surface area contributed by atoms with Crippen molar-refractivity contribution in [3.8, 4) is 11.4 Å². The molecule has 0 saturated heterocycles. The van der Waals surface area contributed by atoms with Gasteiger partial charge in [0.1, 0.15) is 0 Å². The predicted octanol–water partition coefficient (Wildman–Crippen LogP) is 4.03. The van der Waals surface area contributed by atoms with Gasteiger partial charge < -0.3 is 4.90 Å². The van der Waals surface area contributed by atoms with Gasteiger partial charge in [0.05, 0.1) is 11.1 Å². The van der Waals surface area contributed by atoms with E-state index in [0.29, 0.717) is 24.3 Å². The number of hydrogen-bond donors (Lipinski definition) is 0. The molecule has 130 valence electrons. The third-order valence-electron chi connectivity index (χ3n) is 4.71. The Bertz CT molecular complexity index is 1080. The van der Waals surface area contributed by atoms with E-state index in [-0.39, 0.29) is 5.91 Å². The van der Waals surface area contributed by atoms with Gasteiger partial charge in [-0.25, -0.2) is 0 Å². The van der Waals surface area contributed by atoms with Crippen LogP contribution in [0.1, 0.15) is 24.2 Å². The summed E-state index contributed by atoms with van der Waals surface area (Å²) in [5.74, 6) is 0.802. The predicted molar refractivity (Wildman–Crippen MR) is 103 cm³/mol. The molecule has 4 rings (SSSR count). The molecule has 0 saturated carbocycles. The smallest absolute Gasteiger partial charge is 0.254 e. The van der Waals surface area contributed by atoms with Gasteiger partial charge in [0.15, 0.2) is 11.5 Å². The number of benzene rings is 2. The summed E-state index contributed by atoms with van der Waals surface area (Å²) in [7, 11) is 0. The molecule has 0 bridgehead atoms. The Kier molecular flexibility index (Phi) is 4.13. The minimum atomic E-state index is 0.0259. The highest BCUT2D eigenvalue weighted by molar-refractivity contribution is 6.07. The summed E-state index contributed by atoms with van der Waals surface area (Å²) in [6.45, 7) is 5.34. The molecule has 0 aliphatic carbocycles. The zero-order valence-electron chi connectivity index (χ0n) is 14.9. The van der Waals surface area contributed by atoms with Gasteiger partial charge in [0.25, 0.3) is 5.91 Å². The van der Waals surface area contributed by atoms with Crippen LogP contribution in [-0.4, -0.2) is 38.5 Å². The van der Waals surface area contributed by atoms with Crippen LogP contribution in [0.2, 0.25) is 0 Å². The average Bonchev–Trinajstić information content (AvgIpc) is 3.13. The molecule has 1 amide bonds. The first-order valence-corrected chi connectivity index (χ1v) is 8.86. The second-order valence-corrected chi connectivity index (χ2v) is 6.14. The van der Waals surface area contributed by atoms with E-state index >= 15 is 0 Å². The van der Waals surface area contributed by atoms with Crippen LogP contribution in [0.4, 0.5) is 0 Å². The van der Waals surface area contributed by atoms with Crippen molar-refractivity contribution in [2.24, 2.45) is 0 Å². The number of carbonyl (C=O) groups is 1. The molecule has 0 unspecified atom stereocenters. The first kappa shape index (κ1) is 16.3. The van der Waals surface area contributed by atoms with Crippen molar-refractivity contribution < 1.29 is 4.79 Å². The Labute approximate surface area is 151 Å². The molecule has 5 nitrogen and oxygen atoms in total. The van der Waals surface area contributed by atoms with Crippen molar-refractivity contribution >= 4 is 22.5 Å². The van der Waals surface area contributed by atoms with E-state index in [9.17, 15) is 4.79 Å². The molecule has 0 spiro atoms. The van der Waals surface area contributed by atoms with Gasteiger partial charge >= 0.3 is 0 Å². The minimum Gasteiger partial charge on any atom is -0.339 e. The van der Waals surface area contributed by atoms with Gasteiger partial charge in [-0.15, -0.1) is 10.2 Å². The van der Waals surface area contributed by atoms with Crippen molar-refractivity contribution in [3.63, 3.8) is 0 Å². The van der Waals surface area contributed by atoms with Crippen LogP contribution in [0.25, 0.3) is 27.9 Å². The lowest BCUT2D eigenvalue weighted by Gasteiger charge is -2.20. The quantitative estimate of drug-likeness (QED) is 0.561. The molecule has 0 aliphatic heterocycles. The average molecular weight is 344 g/mol. The fourth-order valence-corrected chi connectivity index (χ4v) is 3.36. The Balaban J connectivity index is 2.02. The summed E-state index contributed by atoms with van der Waals surface area (Å²) in [6, 6.07) is 19.8. The lowest BCUT2D eigenvalue weighted by atomic mass is 10.1. The third kappa shape index (κ3) is 2.52. The normalized spacial score (nSPS) is 11.2. The fourth-order valence-electron chi connectivity index (χ4n) is 3.36. The standard InChI is InChI=1S/C21H20N4O/c1-3-24(4-2)21(26)17-14-19-22-23-20(15-10-6-5-7-11-15)25(19)18-13-9-8-12-16(17)18/h5-14H,3-4H2,1-2H3. The maximum absolute atomic E-state index is 13.0. The van der Waals surface area contributed by atoms with Gasteiger partial charge in [0, 0.05) is 24.0 Å². The third-order valence-corrected chi connectivity index (χ3v) is 4.71. The van der Waals surface area contributed by atoms with Crippen LogP contribution in [0.5, 0.6) is 0 Å². The van der Waals surface area contributed by atoms with E-state index in [2.05, 4.69) is 10.2 Å². The Hall–Kier alpha value is -3.21. The van der Waals surface area contributed by atoms with Crippen LogP contribution in [0, 0.1) is 0 Å². The van der Waals surface area contributed by atoms with Gasteiger partial charge in [0.2, 0.25) is 0 Å². The number of amides is 1. The van der Waals surface area contributed by atoms with Crippen molar-refractivity contribution in [1.29, 1.82) is 0 Å². The zero-order chi connectivity index (χ0) is 18.1. The molecule has 0 fully saturated rings. The first-order valence-electron chi connectivity index (χ1n) is 8.86. The van der Waals surface area contributed by atoms with Crippen molar-refractivity contribution in [2.75, 3.05) is 13.1 Å². The maximum Gasteiger partial charge on any atom is 0.254 e. The van der Waals surface area contributed by atoms with Crippen LogP contribution < -0.4 is 0 Å². The van der Waals surface area contributed by atoms with E-state index in [1.165, 1.54) is 0 Å². The number of para-hydroxylation sites is 1. The Morgan fingerprint density at radius 3 is 2.38 bits per heavy atom. The van der Waals surface area contributed by atoms with Gasteiger partial charge in [-0.2, -0.15) is 0 Å². The summed E-state index contributed by atoms with van der Waals surface area (Å²) in [4.78, 5) is 14.8. The Morgan fingerprint density at radius 2 is 1.65 bits per heavy atom. The molecule has 4 aromatic rings. The van der Waals surface area contributed by atoms with E-state index in [4.69, 9.17) is 0 Å². The van der Waals surface area contributed by atoms with E-state index < -0.39 is 0 Å². The zero-order valence-corrected chi connectivity index (χ0v) is 14.9. The lowest BCUT2D eigenvalue weighted by Crippen LogP contribution is -2.30. The van der Waals surface area contributed by atoms with Gasteiger partial charge in [-0.1, -0.05) is 48.5 Å². The minimum absolute atomic E-state index is 0.0259. The highest BCUT2D eigenvalue weighted by atomic mass is 16.2. The van der Waals surface area contributed by atoms with E-state index in [0.717, 1.165) is 22.3 Å². The SMILES string of the molecule is CCN(CC)C(=O)c1cc2nnc(-c3ccccc3)n2c2ccccc12. The van der Waals surface area contributed by atoms with Gasteiger partial charge in [-0.3, -0.25) is 9.20 Å². The van der Waals surface area contributed by atoms with Crippen molar-refractivity contribution in [1.82, 2.24) is 19.5 Å². The second kappa shape index (κ2) is 6.59. The second-order valence-electron chi connectivity index (χ2n) is 6.14. The Morgan fingerprint density at radius 1 is 0.962 bits per heavy atom. The van der Waals surface area contributed by atoms with E-state index in [1.807, 2.05) is 83.8 Å². The molecule has 5 heteroatoms. The molecule has 0 atom stereocenters. The van der Waals surface area contributed by atoms with Gasteiger partial charge in [-0.05, 0) is 26.0 Å². The van der Waals surface area contributed by atoms with Crippen LogP contribution >= 0.6 is 0 Å². The van der Waals surface area contributed by atoms with Crippen LogP contribution in [-0.2, 0) is 0 Å². The monoisotopic (exact) mass is 344 g/mol. The molecular formula is C21H20N4O. The highest BCUT2D eigenvalue weighted by Gasteiger charge is 2.20. The molecule has 0 N–H and O–H groups in total. The molecular weight excluding hydrogens is 324 g/mol. The number of pyridine rings is 1. The van der Waals surface area contributed by atoms with Crippen LogP contribution in [0.15, 0.2) is 60.7 Å². The maximum atomic E-state index is 13.0. The van der Waals surface area contributed by atoms with Crippen molar-refractivity contribution in [3.05, 3.63) is 66.2 Å². The summed E-state index contributed by atoms with van der Waals surface area (Å²) in [5.41, 5.74) is 3.28. The summed E-state index contributed by atoms with van der Waals surface area (Å²) in [5, 5.41) is 9.64. The lowest BCUT2D eigenvalue weighted by molar-refractivity contribution is 0.0775. The summed E-state index contributed by atoms with van der Waals surface area (Å²) in [6.07, 6.45) is 0. The topological polar surface area (TPSA) is 50.5 Å². The highest BCUT2D eigenvalue weighted by Crippen LogP contribution is 2.27. The molecule has 2 heterocycles. The molecule has 0 aliphatic rings. The number of rotatable bonds is 4. The molecule has 2 aromatic heterocycles. The number of fused-ring (bicyclic) bond motifs is 3. The van der Waals surface area contributed by atoms with Crippen LogP contribution in [0.3, 0.4) is 0 Å². The molecule has 26 heavy (non-hydrogen) atoms. The molecule has 0 radical (unpaired) electrons. The number of nitrogens with zero attached hydrogens (tertiary/aromatic N) is 4. The number of hydrogen-bond acceptors (Lipinski definition) is 3. The first-order chi connectivity index (χ1) is 12.7. The van der Waals surface area contributed by atoms with Crippen molar-refractivity contribution in [2.45, 2.75) is 13.8 Å².